The largest absolute Gasteiger partial charge is 0.508 e. The summed E-state index contributed by atoms with van der Waals surface area (Å²) in [7, 11) is 0. The summed E-state index contributed by atoms with van der Waals surface area (Å²) in [4.78, 5) is 29.8. The maximum Gasteiger partial charge on any atom is 0.451 e. The SMILES string of the molecule is FC(F)(F)C1=NC2C(N[CH-]N2c2[c-]cc(C(F)(F)F)cc2)C(c2ccccc2)=N1.FC(F)(F)c1c[c-]c(N2[CH-]N(c3ccccc3)c3c(-c4ccccc4)nc(C(F)(F)F)nc32)cc1.FC(F)(F)c1c[c-]c(N2[CH-]N(c3ccccc3)c3c(-c4ccccc4)nc(C(F)(F)F)nc32)cc1.[Ir]. The number of aromatic nitrogens is 4. The maximum atomic E-state index is 13.8. The van der Waals surface area contributed by atoms with Crippen molar-refractivity contribution in [1.29, 1.82) is 0 Å². The number of nitrogens with zero attached hydrogens (tertiary/aromatic N) is 11. The van der Waals surface area contributed by atoms with E-state index in [-0.39, 0.29) is 77.3 Å². The van der Waals surface area contributed by atoms with Crippen LogP contribution in [0.25, 0.3) is 22.5 Å². The molecule has 2 aromatic heterocycles. The second kappa shape index (κ2) is 27.7. The molecule has 1 fully saturated rings. The van der Waals surface area contributed by atoms with E-state index in [1.54, 1.807) is 161 Å². The van der Waals surface area contributed by atoms with E-state index in [9.17, 15) is 79.0 Å². The number of hydrogen-bond acceptors (Lipinski definition) is 12. The Morgan fingerprint density at radius 3 is 1.05 bits per heavy atom. The van der Waals surface area contributed by atoms with Gasteiger partial charge in [0.2, 0.25) is 17.5 Å². The number of hydrogen-bond donors (Lipinski definition) is 1. The van der Waals surface area contributed by atoms with Crippen molar-refractivity contribution < 1.29 is 99.1 Å². The fraction of sp³-hybridized carbons (Fsp3) is 0.116. The van der Waals surface area contributed by atoms with Crippen molar-refractivity contribution in [2.45, 2.75) is 49.3 Å². The van der Waals surface area contributed by atoms with E-state index in [4.69, 9.17) is 0 Å². The van der Waals surface area contributed by atoms with E-state index in [1.807, 2.05) is 0 Å². The van der Waals surface area contributed by atoms with Gasteiger partial charge < -0.3 is 29.8 Å². The summed E-state index contributed by atoms with van der Waals surface area (Å²) in [5.74, 6) is -4.30. The van der Waals surface area contributed by atoms with Crippen LogP contribution in [0.5, 0.6) is 0 Å². The quantitative estimate of drug-likeness (QED) is 0.117. The Kier molecular flexibility index (Phi) is 19.7. The van der Waals surface area contributed by atoms with Crippen molar-refractivity contribution in [3.63, 3.8) is 0 Å². The molecule has 0 amide bonds. The molecule has 0 aliphatic carbocycles. The van der Waals surface area contributed by atoms with Gasteiger partial charge in [0.05, 0.1) is 34.5 Å². The second-order valence-corrected chi connectivity index (χ2v) is 21.5. The second-order valence-electron chi connectivity index (χ2n) is 21.5. The first kappa shape index (κ1) is 70.9. The number of halogens is 18. The van der Waals surface area contributed by atoms with Crippen LogP contribution in [0.15, 0.2) is 216 Å². The number of amidine groups is 1. The van der Waals surface area contributed by atoms with Gasteiger partial charge in [-0.05, 0) is 29.8 Å². The Labute approximate surface area is 569 Å². The standard InChI is InChI=1S/2C25H14F6N4.C19H12F6N4.Ir/c2*26-24(27,28)17-11-13-19(14-12-17)35-15-34(18-9-5-2-6-10-18)21-20(16-7-3-1-4-8-16)32-23(25(29,30)31)33-22(21)35;20-18(21,22)12-6-8-13(9-7-12)29-10-26-15-14(11-4-2-1-3-5-11)27-17(19(23,24)25)28-16(15)29;/h2*1-13,15H;1-8,10,15-16,26H;/q3*-2;. The molecule has 517 valence electrons. The van der Waals surface area contributed by atoms with Gasteiger partial charge in [-0.2, -0.15) is 140 Å². The van der Waals surface area contributed by atoms with Gasteiger partial charge in [0, 0.05) is 42.6 Å². The molecular formula is C69H40F18IrN12-6. The van der Waals surface area contributed by atoms with Gasteiger partial charge in [0.15, 0.2) is 0 Å². The average molecular weight is 1570 g/mol. The van der Waals surface area contributed by atoms with Crippen LogP contribution in [0, 0.1) is 38.2 Å². The van der Waals surface area contributed by atoms with Crippen LogP contribution in [-0.2, 0) is 51.0 Å². The number of para-hydroxylation sites is 2. The molecule has 2 atom stereocenters. The van der Waals surface area contributed by atoms with Gasteiger partial charge in [0.25, 0.3) is 0 Å². The monoisotopic (exact) mass is 1570 g/mol. The summed E-state index contributed by atoms with van der Waals surface area (Å²) in [6.07, 6.45) is -29.3. The van der Waals surface area contributed by atoms with Crippen molar-refractivity contribution in [2.24, 2.45) is 9.98 Å². The Morgan fingerprint density at radius 1 is 0.370 bits per heavy atom. The van der Waals surface area contributed by atoms with Crippen LogP contribution in [-0.4, -0.2) is 49.9 Å². The molecule has 2 unspecified atom stereocenters. The third kappa shape index (κ3) is 15.1. The first-order valence-electron chi connectivity index (χ1n) is 28.9. The predicted octanol–water partition coefficient (Wildman–Crippen LogP) is 19.0. The zero-order chi connectivity index (χ0) is 70.4. The Hall–Kier alpha value is -10.4. The van der Waals surface area contributed by atoms with Crippen LogP contribution in [0.2, 0.25) is 0 Å². The summed E-state index contributed by atoms with van der Waals surface area (Å²) >= 11 is 0. The summed E-state index contributed by atoms with van der Waals surface area (Å²) in [5.41, 5.74) is 0.794. The van der Waals surface area contributed by atoms with Crippen LogP contribution in [0.1, 0.15) is 33.9 Å². The molecular weight excluding hydrogens is 1530 g/mol. The summed E-state index contributed by atoms with van der Waals surface area (Å²) in [6.45, 7) is 4.29. The Bertz CT molecular complexity index is 4330. The normalized spacial score (nSPS) is 16.1. The fourth-order valence-corrected chi connectivity index (χ4v) is 10.5. The molecule has 1 radical (unpaired) electrons. The van der Waals surface area contributed by atoms with Gasteiger partial charge in [0.1, 0.15) is 17.8 Å². The number of benzene rings is 8. The first-order chi connectivity index (χ1) is 46.9. The zero-order valence-electron chi connectivity index (χ0n) is 50.1. The molecule has 10 aromatic rings. The minimum absolute atomic E-state index is 0. The van der Waals surface area contributed by atoms with E-state index in [0.29, 0.717) is 28.1 Å². The molecule has 6 heterocycles. The molecule has 1 saturated heterocycles. The molecule has 4 aliphatic rings. The number of nitrogens with one attached hydrogen (secondary N) is 1. The zero-order valence-corrected chi connectivity index (χ0v) is 52.5. The minimum Gasteiger partial charge on any atom is -0.508 e. The third-order valence-electron chi connectivity index (χ3n) is 15.0. The summed E-state index contributed by atoms with van der Waals surface area (Å²) in [6, 6.07) is 57.5. The van der Waals surface area contributed by atoms with Crippen molar-refractivity contribution in [2.75, 3.05) is 24.5 Å². The summed E-state index contributed by atoms with van der Waals surface area (Å²) < 4.78 is 239. The summed E-state index contributed by atoms with van der Waals surface area (Å²) in [5, 5.41) is 2.93. The molecule has 4 aliphatic heterocycles. The number of aliphatic imine (C=N–C) groups is 2. The maximum absolute atomic E-state index is 13.8. The molecule has 12 nitrogen and oxygen atoms in total. The van der Waals surface area contributed by atoms with Gasteiger partial charge in [-0.3, -0.25) is 0 Å². The van der Waals surface area contributed by atoms with Gasteiger partial charge in [-0.15, -0.1) is 48.6 Å². The fourth-order valence-electron chi connectivity index (χ4n) is 10.5. The van der Waals surface area contributed by atoms with Crippen LogP contribution >= 0.6 is 0 Å². The van der Waals surface area contributed by atoms with E-state index in [1.165, 1.54) is 34.7 Å². The molecule has 0 bridgehead atoms. The molecule has 31 heteroatoms. The Balaban J connectivity index is 0.000000151. The van der Waals surface area contributed by atoms with E-state index in [2.05, 4.69) is 53.4 Å². The van der Waals surface area contributed by atoms with E-state index < -0.39 is 83.4 Å². The van der Waals surface area contributed by atoms with Gasteiger partial charge in [-0.25, -0.2) is 29.9 Å². The number of alkyl halides is 18. The Morgan fingerprint density at radius 2 is 0.720 bits per heavy atom. The van der Waals surface area contributed by atoms with Crippen LogP contribution in [0.3, 0.4) is 0 Å². The number of anilines is 9. The average Bonchev–Trinajstić information content (AvgIpc) is 1.51. The minimum atomic E-state index is -4.85. The number of rotatable bonds is 8. The van der Waals surface area contributed by atoms with Gasteiger partial charge in [-0.1, -0.05) is 144 Å². The number of fused-ring (bicyclic) bond motifs is 3. The topological polar surface area (TPSA) is 105 Å². The van der Waals surface area contributed by atoms with Crippen LogP contribution in [0.4, 0.5) is 130 Å². The predicted molar refractivity (Wildman–Crippen MR) is 330 cm³/mol. The van der Waals surface area contributed by atoms with Crippen molar-refractivity contribution in [1.82, 2.24) is 25.3 Å². The smallest absolute Gasteiger partial charge is 0.451 e. The molecule has 0 spiro atoms. The van der Waals surface area contributed by atoms with Crippen molar-refractivity contribution in [3.05, 3.63) is 278 Å². The first-order valence-corrected chi connectivity index (χ1v) is 28.9. The van der Waals surface area contributed by atoms with Crippen LogP contribution < -0.4 is 29.8 Å². The third-order valence-corrected chi connectivity index (χ3v) is 15.0. The molecule has 14 rings (SSSR count). The molecule has 100 heavy (non-hydrogen) atoms. The van der Waals surface area contributed by atoms with E-state index in [0.717, 1.165) is 54.6 Å². The van der Waals surface area contributed by atoms with E-state index >= 15 is 0 Å². The molecule has 0 saturated carbocycles. The van der Waals surface area contributed by atoms with Crippen molar-refractivity contribution in [3.8, 4) is 22.5 Å². The van der Waals surface area contributed by atoms with Crippen molar-refractivity contribution >= 4 is 63.0 Å². The van der Waals surface area contributed by atoms with Gasteiger partial charge >= 0.3 is 37.1 Å². The molecule has 8 aromatic carbocycles. The molecule has 1 N–H and O–H groups in total.